The summed E-state index contributed by atoms with van der Waals surface area (Å²) in [4.78, 5) is 50.8. The van der Waals surface area contributed by atoms with Crippen molar-refractivity contribution in [3.05, 3.63) is 106 Å². The monoisotopic (exact) mass is 427 g/mol. The summed E-state index contributed by atoms with van der Waals surface area (Å²) < 4.78 is 10.8. The fourth-order valence-corrected chi connectivity index (χ4v) is 3.94. The molecule has 0 bridgehead atoms. The fraction of sp³-hybridized carbons (Fsp3) is 0.120. The highest BCUT2D eigenvalue weighted by atomic mass is 16.5. The number of nitrogens with zero attached hydrogens (tertiary/aromatic N) is 1. The lowest BCUT2D eigenvalue weighted by molar-refractivity contribution is 0.0214. The Hall–Kier alpha value is -4.26. The topological polar surface area (TPSA) is 90.0 Å². The molecule has 32 heavy (non-hydrogen) atoms. The van der Waals surface area contributed by atoms with E-state index in [-0.39, 0.29) is 16.7 Å². The van der Waals surface area contributed by atoms with Gasteiger partial charge in [-0.1, -0.05) is 42.5 Å². The summed E-state index contributed by atoms with van der Waals surface area (Å²) in [7, 11) is 0. The number of fused-ring (bicyclic) bond motifs is 2. The van der Waals surface area contributed by atoms with Crippen LogP contribution >= 0.6 is 0 Å². The van der Waals surface area contributed by atoms with Crippen molar-refractivity contribution in [1.29, 1.82) is 0 Å². The van der Waals surface area contributed by atoms with Gasteiger partial charge in [0.1, 0.15) is 6.10 Å². The third-order valence-corrected chi connectivity index (χ3v) is 5.59. The van der Waals surface area contributed by atoms with Gasteiger partial charge in [0, 0.05) is 6.42 Å². The highest BCUT2D eigenvalue weighted by Gasteiger charge is 2.36. The minimum absolute atomic E-state index is 0.224. The van der Waals surface area contributed by atoms with Gasteiger partial charge in [-0.05, 0) is 41.5 Å². The van der Waals surface area contributed by atoms with Crippen LogP contribution in [0, 0.1) is 0 Å². The molecule has 2 amide bonds. The number of carbonyl (C=O) groups is 4. The maximum absolute atomic E-state index is 12.6. The van der Waals surface area contributed by atoms with Crippen LogP contribution in [0.15, 0.2) is 72.8 Å². The average molecular weight is 427 g/mol. The molecule has 3 aromatic rings. The van der Waals surface area contributed by atoms with Gasteiger partial charge in [-0.2, -0.15) is 0 Å². The zero-order valence-electron chi connectivity index (χ0n) is 16.8. The van der Waals surface area contributed by atoms with Crippen LogP contribution in [0.3, 0.4) is 0 Å². The molecule has 2 aliphatic heterocycles. The van der Waals surface area contributed by atoms with Gasteiger partial charge in [-0.25, -0.2) is 14.5 Å². The molecule has 1 atom stereocenters. The van der Waals surface area contributed by atoms with Gasteiger partial charge in [0.15, 0.2) is 6.73 Å². The predicted molar refractivity (Wildman–Crippen MR) is 112 cm³/mol. The van der Waals surface area contributed by atoms with Crippen LogP contribution in [0.25, 0.3) is 0 Å². The van der Waals surface area contributed by atoms with E-state index in [9.17, 15) is 19.2 Å². The van der Waals surface area contributed by atoms with Gasteiger partial charge >= 0.3 is 11.9 Å². The van der Waals surface area contributed by atoms with Gasteiger partial charge in [0.05, 0.1) is 22.3 Å². The number of rotatable bonds is 4. The molecule has 1 unspecified atom stereocenters. The van der Waals surface area contributed by atoms with Gasteiger partial charge in [-0.15, -0.1) is 0 Å². The fourth-order valence-electron chi connectivity index (χ4n) is 3.94. The van der Waals surface area contributed by atoms with Crippen LogP contribution in [0.4, 0.5) is 0 Å². The number of carbonyl (C=O) groups excluding carboxylic acids is 4. The lowest BCUT2D eigenvalue weighted by atomic mass is 9.93. The average Bonchev–Trinajstić information content (AvgIpc) is 3.07. The van der Waals surface area contributed by atoms with E-state index in [0.717, 1.165) is 10.5 Å². The predicted octanol–water partition coefficient (Wildman–Crippen LogP) is 3.55. The number of cyclic esters (lactones) is 1. The summed E-state index contributed by atoms with van der Waals surface area (Å²) in [5.74, 6) is -2.15. The first-order chi connectivity index (χ1) is 15.5. The molecule has 0 fully saturated rings. The number of ether oxygens (including phenoxy) is 2. The van der Waals surface area contributed by atoms with Crippen molar-refractivity contribution in [3.8, 4) is 0 Å². The number of amides is 2. The molecular formula is C25H17NO6. The number of hydrogen-bond acceptors (Lipinski definition) is 6. The number of benzene rings is 3. The first kappa shape index (κ1) is 19.7. The van der Waals surface area contributed by atoms with Gasteiger partial charge in [0.2, 0.25) is 0 Å². The summed E-state index contributed by atoms with van der Waals surface area (Å²) in [6, 6.07) is 20.4. The molecule has 5 rings (SSSR count). The molecule has 0 N–H and O–H groups in total. The van der Waals surface area contributed by atoms with Crippen molar-refractivity contribution in [2.75, 3.05) is 6.73 Å². The minimum atomic E-state index is -0.695. The van der Waals surface area contributed by atoms with E-state index in [2.05, 4.69) is 0 Å². The molecule has 0 aliphatic carbocycles. The zero-order chi connectivity index (χ0) is 22.2. The Morgan fingerprint density at radius 3 is 2.22 bits per heavy atom. The van der Waals surface area contributed by atoms with Crippen LogP contribution < -0.4 is 0 Å². The maximum Gasteiger partial charge on any atom is 0.339 e. The molecule has 2 aliphatic rings. The van der Waals surface area contributed by atoms with Crippen LogP contribution in [0.5, 0.6) is 0 Å². The van der Waals surface area contributed by atoms with Crippen molar-refractivity contribution < 1.29 is 28.7 Å². The van der Waals surface area contributed by atoms with E-state index in [1.807, 2.05) is 30.3 Å². The third-order valence-electron chi connectivity index (χ3n) is 5.59. The van der Waals surface area contributed by atoms with E-state index in [4.69, 9.17) is 9.47 Å². The summed E-state index contributed by atoms with van der Waals surface area (Å²) in [6.07, 6.45) is -0.0224. The second-order valence-corrected chi connectivity index (χ2v) is 7.53. The Labute approximate surface area is 183 Å². The van der Waals surface area contributed by atoms with E-state index in [1.54, 1.807) is 30.3 Å². The zero-order valence-corrected chi connectivity index (χ0v) is 16.8. The van der Waals surface area contributed by atoms with E-state index >= 15 is 0 Å². The highest BCUT2D eigenvalue weighted by molar-refractivity contribution is 6.21. The van der Waals surface area contributed by atoms with E-state index in [1.165, 1.54) is 12.1 Å². The lowest BCUT2D eigenvalue weighted by Crippen LogP contribution is -2.33. The minimum Gasteiger partial charge on any atom is -0.454 e. The molecule has 3 aromatic carbocycles. The highest BCUT2D eigenvalue weighted by Crippen LogP contribution is 2.31. The molecular weight excluding hydrogens is 410 g/mol. The molecule has 0 spiro atoms. The summed E-state index contributed by atoms with van der Waals surface area (Å²) in [5.41, 5.74) is 2.73. The Kier molecular flexibility index (Phi) is 4.78. The van der Waals surface area contributed by atoms with Gasteiger partial charge in [0.25, 0.3) is 11.8 Å². The van der Waals surface area contributed by atoms with Crippen molar-refractivity contribution in [2.45, 2.75) is 12.5 Å². The SMILES string of the molecule is O=C(OCN1C(=O)c2ccccc2C1=O)c1ccc2c(c1)CC(c1ccccc1)OC2=O. The molecule has 0 aromatic heterocycles. The van der Waals surface area contributed by atoms with Gasteiger partial charge < -0.3 is 9.47 Å². The Morgan fingerprint density at radius 2 is 1.53 bits per heavy atom. The van der Waals surface area contributed by atoms with Crippen molar-refractivity contribution in [3.63, 3.8) is 0 Å². The number of imide groups is 1. The number of esters is 2. The molecule has 7 heteroatoms. The van der Waals surface area contributed by atoms with E-state index in [0.29, 0.717) is 17.5 Å². The molecule has 7 nitrogen and oxygen atoms in total. The largest absolute Gasteiger partial charge is 0.454 e. The third kappa shape index (κ3) is 3.33. The molecule has 0 saturated heterocycles. The second-order valence-electron chi connectivity index (χ2n) is 7.53. The summed E-state index contributed by atoms with van der Waals surface area (Å²) >= 11 is 0. The van der Waals surface area contributed by atoms with Crippen LogP contribution in [0.1, 0.15) is 58.7 Å². The van der Waals surface area contributed by atoms with Gasteiger partial charge in [-0.3, -0.25) is 9.59 Å². The number of hydrogen-bond donors (Lipinski definition) is 0. The van der Waals surface area contributed by atoms with Crippen molar-refractivity contribution in [2.24, 2.45) is 0 Å². The van der Waals surface area contributed by atoms with Crippen LogP contribution in [0.2, 0.25) is 0 Å². The quantitative estimate of drug-likeness (QED) is 0.467. The first-order valence-electron chi connectivity index (χ1n) is 10.0. The first-order valence-corrected chi connectivity index (χ1v) is 10.0. The van der Waals surface area contributed by atoms with Crippen LogP contribution in [-0.4, -0.2) is 35.4 Å². The molecule has 0 saturated carbocycles. The van der Waals surface area contributed by atoms with E-state index < -0.39 is 36.6 Å². The van der Waals surface area contributed by atoms with Crippen LogP contribution in [-0.2, 0) is 15.9 Å². The lowest BCUT2D eigenvalue weighted by Gasteiger charge is -2.25. The maximum atomic E-state index is 12.6. The summed E-state index contributed by atoms with van der Waals surface area (Å²) in [6.45, 7) is -0.489. The molecule has 2 heterocycles. The second kappa shape index (κ2) is 7.77. The normalized spacial score (nSPS) is 16.9. The Morgan fingerprint density at radius 1 is 0.875 bits per heavy atom. The smallest absolute Gasteiger partial charge is 0.339 e. The molecule has 0 radical (unpaired) electrons. The Balaban J connectivity index is 1.31. The standard InChI is InChI=1S/C25H17NO6/c27-22-19-8-4-5-9-20(19)23(28)26(22)14-31-24(29)16-10-11-18-17(12-16)13-21(32-25(18)30)15-6-2-1-3-7-15/h1-12,21H,13-14H2. The summed E-state index contributed by atoms with van der Waals surface area (Å²) in [5, 5.41) is 0. The Bertz CT molecular complexity index is 1230. The van der Waals surface area contributed by atoms with Crippen molar-refractivity contribution >= 4 is 23.8 Å². The molecule has 158 valence electrons. The van der Waals surface area contributed by atoms with Crippen molar-refractivity contribution in [1.82, 2.24) is 4.90 Å².